The number of aromatic nitrogens is 2. The molecule has 14 heavy (non-hydrogen) atoms. The van der Waals surface area contributed by atoms with E-state index in [-0.39, 0.29) is 0 Å². The van der Waals surface area contributed by atoms with Crippen molar-refractivity contribution < 1.29 is 0 Å². The molecule has 2 fully saturated rings. The SMILES string of the molecule is CC1(C)CN[C@H]1c1nccn1C1CC1. The van der Waals surface area contributed by atoms with Crippen molar-refractivity contribution in [1.29, 1.82) is 0 Å². The second kappa shape index (κ2) is 2.60. The molecule has 1 aromatic heterocycles. The minimum atomic E-state index is 0.373. The van der Waals surface area contributed by atoms with Crippen LogP contribution < -0.4 is 5.32 Å². The molecule has 0 amide bonds. The van der Waals surface area contributed by atoms with E-state index in [0.29, 0.717) is 11.5 Å². The molecule has 76 valence electrons. The van der Waals surface area contributed by atoms with Gasteiger partial charge in [-0.1, -0.05) is 13.8 Å². The summed E-state index contributed by atoms with van der Waals surface area (Å²) in [4.78, 5) is 4.50. The van der Waals surface area contributed by atoms with Crippen molar-refractivity contribution in [2.45, 2.75) is 38.8 Å². The fraction of sp³-hybridized carbons (Fsp3) is 0.727. The Morgan fingerprint density at radius 2 is 2.29 bits per heavy atom. The summed E-state index contributed by atoms with van der Waals surface area (Å²) in [5.74, 6) is 1.24. The lowest BCUT2D eigenvalue weighted by Crippen LogP contribution is -2.53. The molecule has 1 atom stereocenters. The smallest absolute Gasteiger partial charge is 0.126 e. The van der Waals surface area contributed by atoms with Gasteiger partial charge in [-0.25, -0.2) is 4.98 Å². The first kappa shape index (κ1) is 8.48. The zero-order valence-corrected chi connectivity index (χ0v) is 8.83. The number of hydrogen-bond donors (Lipinski definition) is 1. The van der Waals surface area contributed by atoms with E-state index in [9.17, 15) is 0 Å². The maximum Gasteiger partial charge on any atom is 0.126 e. The summed E-state index contributed by atoms with van der Waals surface area (Å²) >= 11 is 0. The lowest BCUT2D eigenvalue weighted by Gasteiger charge is -2.45. The summed E-state index contributed by atoms with van der Waals surface area (Å²) in [5, 5.41) is 3.48. The van der Waals surface area contributed by atoms with Crippen LogP contribution >= 0.6 is 0 Å². The number of nitrogens with zero attached hydrogens (tertiary/aromatic N) is 2. The van der Waals surface area contributed by atoms with Crippen molar-refractivity contribution in [3.05, 3.63) is 18.2 Å². The van der Waals surface area contributed by atoms with Crippen molar-refractivity contribution in [1.82, 2.24) is 14.9 Å². The van der Waals surface area contributed by atoms with Gasteiger partial charge in [-0.05, 0) is 18.3 Å². The highest BCUT2D eigenvalue weighted by Crippen LogP contribution is 2.43. The minimum absolute atomic E-state index is 0.373. The molecule has 1 saturated carbocycles. The maximum absolute atomic E-state index is 4.50. The van der Waals surface area contributed by atoms with Gasteiger partial charge in [0.15, 0.2) is 0 Å². The van der Waals surface area contributed by atoms with Crippen molar-refractivity contribution in [3.8, 4) is 0 Å². The Bertz CT molecular complexity index is 349. The van der Waals surface area contributed by atoms with Crippen molar-refractivity contribution >= 4 is 0 Å². The molecule has 1 N–H and O–H groups in total. The van der Waals surface area contributed by atoms with Crippen LogP contribution in [0.3, 0.4) is 0 Å². The minimum Gasteiger partial charge on any atom is -0.331 e. The maximum atomic E-state index is 4.50. The van der Waals surface area contributed by atoms with Crippen molar-refractivity contribution in [2.24, 2.45) is 5.41 Å². The number of nitrogens with one attached hydrogen (secondary N) is 1. The van der Waals surface area contributed by atoms with Gasteiger partial charge in [0, 0.05) is 25.0 Å². The molecule has 2 aliphatic rings. The van der Waals surface area contributed by atoms with E-state index in [1.807, 2.05) is 6.20 Å². The number of rotatable bonds is 2. The van der Waals surface area contributed by atoms with Gasteiger partial charge in [0.2, 0.25) is 0 Å². The van der Waals surface area contributed by atoms with E-state index in [1.54, 1.807) is 0 Å². The predicted octanol–water partition coefficient (Wildman–Crippen LogP) is 1.89. The zero-order chi connectivity index (χ0) is 9.76. The molecule has 1 aromatic rings. The van der Waals surface area contributed by atoms with Gasteiger partial charge in [-0.15, -0.1) is 0 Å². The first-order valence-electron chi connectivity index (χ1n) is 5.44. The second-order valence-electron chi connectivity index (χ2n) is 5.23. The van der Waals surface area contributed by atoms with Crippen LogP contribution in [0.15, 0.2) is 12.4 Å². The van der Waals surface area contributed by atoms with Crippen LogP contribution in [-0.4, -0.2) is 16.1 Å². The normalized spacial score (nSPS) is 30.0. The molecule has 0 unspecified atom stereocenters. The standard InChI is InChI=1S/C11H17N3/c1-11(2)7-13-9(11)10-12-5-6-14(10)8-3-4-8/h5-6,8-9,13H,3-4,7H2,1-2H3/t9-/m0/s1. The molecule has 0 spiro atoms. The third-order valence-corrected chi connectivity index (χ3v) is 3.44. The number of imidazole rings is 1. The van der Waals surface area contributed by atoms with Crippen LogP contribution in [0.4, 0.5) is 0 Å². The van der Waals surface area contributed by atoms with Gasteiger partial charge >= 0.3 is 0 Å². The second-order valence-corrected chi connectivity index (χ2v) is 5.23. The monoisotopic (exact) mass is 191 g/mol. The number of hydrogen-bond acceptors (Lipinski definition) is 2. The lowest BCUT2D eigenvalue weighted by atomic mass is 9.77. The van der Waals surface area contributed by atoms with E-state index in [4.69, 9.17) is 0 Å². The summed E-state index contributed by atoms with van der Waals surface area (Å²) in [5.41, 5.74) is 0.373. The molecule has 1 saturated heterocycles. The third-order valence-electron chi connectivity index (χ3n) is 3.44. The Morgan fingerprint density at radius 1 is 1.50 bits per heavy atom. The summed E-state index contributed by atoms with van der Waals surface area (Å²) in [6, 6.07) is 1.20. The topological polar surface area (TPSA) is 29.9 Å². The van der Waals surface area contributed by atoms with E-state index >= 15 is 0 Å². The van der Waals surface area contributed by atoms with Crippen LogP contribution in [0.25, 0.3) is 0 Å². The van der Waals surface area contributed by atoms with Crippen LogP contribution in [0.2, 0.25) is 0 Å². The molecule has 3 nitrogen and oxygen atoms in total. The lowest BCUT2D eigenvalue weighted by molar-refractivity contribution is 0.117. The van der Waals surface area contributed by atoms with Gasteiger partial charge in [-0.3, -0.25) is 0 Å². The average Bonchev–Trinajstić information content (AvgIpc) is 2.87. The Hall–Kier alpha value is -0.830. The third kappa shape index (κ3) is 1.12. The van der Waals surface area contributed by atoms with E-state index in [1.165, 1.54) is 18.7 Å². The molecule has 1 aliphatic carbocycles. The summed E-state index contributed by atoms with van der Waals surface area (Å²) in [6.07, 6.45) is 6.72. The molecule has 2 heterocycles. The van der Waals surface area contributed by atoms with E-state index < -0.39 is 0 Å². The van der Waals surface area contributed by atoms with Gasteiger partial charge in [-0.2, -0.15) is 0 Å². The quantitative estimate of drug-likeness (QED) is 0.773. The first-order chi connectivity index (χ1) is 6.68. The van der Waals surface area contributed by atoms with Crippen LogP contribution in [0, 0.1) is 5.41 Å². The molecular weight excluding hydrogens is 174 g/mol. The first-order valence-corrected chi connectivity index (χ1v) is 5.44. The largest absolute Gasteiger partial charge is 0.331 e. The van der Waals surface area contributed by atoms with Gasteiger partial charge in [0.25, 0.3) is 0 Å². The molecule has 0 radical (unpaired) electrons. The van der Waals surface area contributed by atoms with Gasteiger partial charge < -0.3 is 9.88 Å². The highest BCUT2D eigenvalue weighted by Gasteiger charge is 2.42. The average molecular weight is 191 g/mol. The van der Waals surface area contributed by atoms with Gasteiger partial charge in [0.1, 0.15) is 5.82 Å². The zero-order valence-electron chi connectivity index (χ0n) is 8.83. The van der Waals surface area contributed by atoms with Crippen molar-refractivity contribution in [3.63, 3.8) is 0 Å². The Balaban J connectivity index is 1.92. The highest BCUT2D eigenvalue weighted by molar-refractivity contribution is 5.12. The van der Waals surface area contributed by atoms with Crippen molar-refractivity contribution in [2.75, 3.05) is 6.54 Å². The molecule has 1 aliphatic heterocycles. The summed E-state index contributed by atoms with van der Waals surface area (Å²) in [7, 11) is 0. The predicted molar refractivity (Wildman–Crippen MR) is 55.0 cm³/mol. The van der Waals surface area contributed by atoms with Crippen LogP contribution in [0.5, 0.6) is 0 Å². The van der Waals surface area contributed by atoms with Gasteiger partial charge in [0.05, 0.1) is 6.04 Å². The molecular formula is C11H17N3. The Kier molecular flexibility index (Phi) is 1.57. The Labute approximate surface area is 84.5 Å². The summed E-state index contributed by atoms with van der Waals surface area (Å²) in [6.45, 7) is 5.72. The fourth-order valence-electron chi connectivity index (χ4n) is 2.26. The van der Waals surface area contributed by atoms with Crippen LogP contribution in [0.1, 0.15) is 44.6 Å². The van der Waals surface area contributed by atoms with Crippen LogP contribution in [-0.2, 0) is 0 Å². The van der Waals surface area contributed by atoms with E-state index in [0.717, 1.165) is 12.6 Å². The molecule has 0 bridgehead atoms. The fourth-order valence-corrected chi connectivity index (χ4v) is 2.26. The molecule has 0 aromatic carbocycles. The highest BCUT2D eigenvalue weighted by atomic mass is 15.2. The van der Waals surface area contributed by atoms with E-state index in [2.05, 4.69) is 34.9 Å². The summed E-state index contributed by atoms with van der Waals surface area (Å²) < 4.78 is 2.36. The Morgan fingerprint density at radius 3 is 2.79 bits per heavy atom. The molecule has 3 heteroatoms. The molecule has 3 rings (SSSR count).